The molecule has 0 radical (unpaired) electrons. The van der Waals surface area contributed by atoms with Crippen LogP contribution in [0.2, 0.25) is 0 Å². The Labute approximate surface area is 352 Å². The molecule has 0 unspecified atom stereocenters. The molecule has 12 rings (SSSR count). The summed E-state index contributed by atoms with van der Waals surface area (Å²) in [6.07, 6.45) is 0. The fourth-order valence-corrected chi connectivity index (χ4v) is 10.7. The maximum absolute atomic E-state index is 6.41. The van der Waals surface area contributed by atoms with Crippen molar-refractivity contribution in [1.82, 2.24) is 0 Å². The lowest BCUT2D eigenvalue weighted by Gasteiger charge is -2.35. The van der Waals surface area contributed by atoms with Gasteiger partial charge in [0, 0.05) is 48.2 Å². The summed E-state index contributed by atoms with van der Waals surface area (Å²) in [6, 6.07) is 81.8. The van der Waals surface area contributed by atoms with Crippen molar-refractivity contribution in [2.45, 2.75) is 5.41 Å². The molecule has 2 nitrogen and oxygen atoms in total. The quantitative estimate of drug-likeness (QED) is 0.160. The second-order valence-corrected chi connectivity index (χ2v) is 16.7. The maximum Gasteiger partial charge on any atom is 0.135 e. The summed E-state index contributed by atoms with van der Waals surface area (Å²) in [5.41, 5.74) is 14.6. The molecule has 2 aromatic heterocycles. The number of rotatable bonds is 7. The Hall–Kier alpha value is -7.46. The molecule has 0 fully saturated rings. The predicted molar refractivity (Wildman–Crippen MR) is 252 cm³/mol. The molecule has 282 valence electrons. The van der Waals surface area contributed by atoms with Crippen LogP contribution >= 0.6 is 11.3 Å². The lowest BCUT2D eigenvalue weighted by Crippen LogP contribution is -2.28. The number of thiophene rings is 1. The first-order valence-corrected chi connectivity index (χ1v) is 21.3. The lowest BCUT2D eigenvalue weighted by molar-refractivity contribution is 0.631. The van der Waals surface area contributed by atoms with Gasteiger partial charge in [0.25, 0.3) is 0 Å². The van der Waals surface area contributed by atoms with E-state index in [4.69, 9.17) is 4.42 Å². The van der Waals surface area contributed by atoms with E-state index in [1.54, 1.807) is 0 Å². The van der Waals surface area contributed by atoms with Crippen molar-refractivity contribution in [3.05, 3.63) is 247 Å². The summed E-state index contributed by atoms with van der Waals surface area (Å²) in [5, 5.41) is 3.68. The SMILES string of the molecule is c1ccc(-c2cc3cc(N(c4ccc(-c5ccc6sc7ccccc7c6c5)cc4)c4cccc(C5(c6ccccc6)c6ccccc6-c6ccccc65)c4)ccc3o2)cc1. The summed E-state index contributed by atoms with van der Waals surface area (Å²) < 4.78 is 9.05. The zero-order chi connectivity index (χ0) is 39.6. The summed E-state index contributed by atoms with van der Waals surface area (Å²) in [5.74, 6) is 0.861. The van der Waals surface area contributed by atoms with Crippen molar-refractivity contribution >= 4 is 59.5 Å². The van der Waals surface area contributed by atoms with E-state index >= 15 is 0 Å². The highest BCUT2D eigenvalue weighted by Crippen LogP contribution is 2.56. The molecule has 0 N–H and O–H groups in total. The number of furan rings is 1. The molecule has 9 aromatic carbocycles. The Balaban J connectivity index is 1.04. The second kappa shape index (κ2) is 13.8. The van der Waals surface area contributed by atoms with Crippen molar-refractivity contribution in [3.8, 4) is 33.6 Å². The maximum atomic E-state index is 6.41. The minimum absolute atomic E-state index is 0.510. The average Bonchev–Trinajstić information content (AvgIpc) is 4.01. The summed E-state index contributed by atoms with van der Waals surface area (Å²) >= 11 is 1.86. The van der Waals surface area contributed by atoms with Gasteiger partial charge in [-0.25, -0.2) is 0 Å². The van der Waals surface area contributed by atoms with E-state index in [9.17, 15) is 0 Å². The number of anilines is 3. The molecule has 0 atom stereocenters. The van der Waals surface area contributed by atoms with Crippen LogP contribution in [0.25, 0.3) is 64.7 Å². The van der Waals surface area contributed by atoms with Crippen LogP contribution in [-0.2, 0) is 5.41 Å². The molecule has 0 saturated heterocycles. The molecule has 3 heteroatoms. The third-order valence-electron chi connectivity index (χ3n) is 12.3. The van der Waals surface area contributed by atoms with Gasteiger partial charge in [-0.05, 0) is 111 Å². The van der Waals surface area contributed by atoms with E-state index in [0.29, 0.717) is 0 Å². The Kier molecular flexibility index (Phi) is 7.97. The van der Waals surface area contributed by atoms with E-state index < -0.39 is 5.41 Å². The molecule has 0 bridgehead atoms. The highest BCUT2D eigenvalue weighted by Gasteiger charge is 2.46. The van der Waals surface area contributed by atoms with Crippen LogP contribution in [0.15, 0.2) is 229 Å². The number of nitrogens with zero attached hydrogens (tertiary/aromatic N) is 1. The molecule has 1 aliphatic rings. The number of fused-ring (bicyclic) bond motifs is 7. The smallest absolute Gasteiger partial charge is 0.135 e. The lowest BCUT2D eigenvalue weighted by atomic mass is 9.67. The summed E-state index contributed by atoms with van der Waals surface area (Å²) in [4.78, 5) is 2.39. The standard InChI is InChI=1S/C57H37NOS/c1-3-14-39(15-4-1)54-36-41-34-46(31-32-53(41)59-54)58(44-29-26-38(27-30-44)40-28-33-56-50(35-40)49-22-9-12-25-55(49)60-56)45-19-13-18-43(37-45)57(42-16-5-2-6-17-42)51-23-10-7-20-47(51)48-21-8-11-24-52(48)57/h1-37H. The minimum Gasteiger partial charge on any atom is -0.456 e. The first-order valence-electron chi connectivity index (χ1n) is 20.5. The van der Waals surface area contributed by atoms with Crippen LogP contribution in [0, 0.1) is 0 Å². The normalized spacial score (nSPS) is 12.8. The molecular formula is C57H37NOS. The zero-order valence-corrected chi connectivity index (χ0v) is 33.4. The third kappa shape index (κ3) is 5.40. The number of hydrogen-bond acceptors (Lipinski definition) is 3. The fourth-order valence-electron chi connectivity index (χ4n) is 9.66. The Bertz CT molecular complexity index is 3330. The second-order valence-electron chi connectivity index (χ2n) is 15.6. The first-order chi connectivity index (χ1) is 29.7. The van der Waals surface area contributed by atoms with Gasteiger partial charge >= 0.3 is 0 Å². The highest BCUT2D eigenvalue weighted by atomic mass is 32.1. The summed E-state index contributed by atoms with van der Waals surface area (Å²) in [6.45, 7) is 0. The van der Waals surface area contributed by atoms with Gasteiger partial charge in [0.05, 0.1) is 5.41 Å². The van der Waals surface area contributed by atoms with Gasteiger partial charge < -0.3 is 9.32 Å². The van der Waals surface area contributed by atoms with E-state index in [1.807, 2.05) is 17.4 Å². The van der Waals surface area contributed by atoms with Crippen molar-refractivity contribution < 1.29 is 4.42 Å². The zero-order valence-electron chi connectivity index (χ0n) is 32.6. The van der Waals surface area contributed by atoms with E-state index in [-0.39, 0.29) is 0 Å². The van der Waals surface area contributed by atoms with Gasteiger partial charge in [0.1, 0.15) is 11.3 Å². The Morgan fingerprint density at radius 2 is 1.00 bits per heavy atom. The monoisotopic (exact) mass is 783 g/mol. The molecule has 1 aliphatic carbocycles. The van der Waals surface area contributed by atoms with Crippen LogP contribution in [0.4, 0.5) is 17.1 Å². The largest absolute Gasteiger partial charge is 0.456 e. The predicted octanol–water partition coefficient (Wildman–Crippen LogP) is 16.0. The molecule has 2 heterocycles. The summed E-state index contributed by atoms with van der Waals surface area (Å²) in [7, 11) is 0. The van der Waals surface area contributed by atoms with Crippen LogP contribution < -0.4 is 4.90 Å². The van der Waals surface area contributed by atoms with Crippen LogP contribution in [-0.4, -0.2) is 0 Å². The van der Waals surface area contributed by atoms with E-state index in [2.05, 4.69) is 223 Å². The molecule has 0 aliphatic heterocycles. The topological polar surface area (TPSA) is 16.4 Å². The fraction of sp³-hybridized carbons (Fsp3) is 0.0175. The first kappa shape index (κ1) is 34.6. The van der Waals surface area contributed by atoms with Crippen molar-refractivity contribution in [3.63, 3.8) is 0 Å². The Morgan fingerprint density at radius 1 is 0.383 bits per heavy atom. The van der Waals surface area contributed by atoms with Gasteiger partial charge in [0.15, 0.2) is 0 Å². The van der Waals surface area contributed by atoms with Crippen molar-refractivity contribution in [2.75, 3.05) is 4.90 Å². The average molecular weight is 784 g/mol. The highest BCUT2D eigenvalue weighted by molar-refractivity contribution is 7.25. The van der Waals surface area contributed by atoms with Gasteiger partial charge in [-0.3, -0.25) is 0 Å². The van der Waals surface area contributed by atoms with Gasteiger partial charge in [-0.1, -0.05) is 158 Å². The molecule has 60 heavy (non-hydrogen) atoms. The van der Waals surface area contributed by atoms with Crippen LogP contribution in [0.1, 0.15) is 22.3 Å². The Morgan fingerprint density at radius 3 is 1.78 bits per heavy atom. The van der Waals surface area contributed by atoms with Crippen LogP contribution in [0.3, 0.4) is 0 Å². The van der Waals surface area contributed by atoms with Gasteiger partial charge in [0.2, 0.25) is 0 Å². The van der Waals surface area contributed by atoms with E-state index in [0.717, 1.165) is 39.4 Å². The number of hydrogen-bond donors (Lipinski definition) is 0. The van der Waals surface area contributed by atoms with Gasteiger partial charge in [-0.15, -0.1) is 11.3 Å². The molecule has 0 saturated carbocycles. The minimum atomic E-state index is -0.510. The molecule has 0 amide bonds. The molecule has 0 spiro atoms. The molecule has 11 aromatic rings. The van der Waals surface area contributed by atoms with Gasteiger partial charge in [-0.2, -0.15) is 0 Å². The molecular weight excluding hydrogens is 747 g/mol. The van der Waals surface area contributed by atoms with Crippen molar-refractivity contribution in [1.29, 1.82) is 0 Å². The third-order valence-corrected chi connectivity index (χ3v) is 13.5. The van der Waals surface area contributed by atoms with Crippen LogP contribution in [0.5, 0.6) is 0 Å². The van der Waals surface area contributed by atoms with E-state index in [1.165, 1.54) is 64.7 Å². The van der Waals surface area contributed by atoms with Crippen molar-refractivity contribution in [2.24, 2.45) is 0 Å². The number of benzene rings is 9.